The first kappa shape index (κ1) is 16.1. The second-order valence-corrected chi connectivity index (χ2v) is 6.81. The third-order valence-electron chi connectivity index (χ3n) is 4.28. The Morgan fingerprint density at radius 1 is 1.39 bits per heavy atom. The van der Waals surface area contributed by atoms with Crippen LogP contribution in [0.3, 0.4) is 0 Å². The second-order valence-electron chi connectivity index (χ2n) is 6.06. The van der Waals surface area contributed by atoms with E-state index < -0.39 is 0 Å². The van der Waals surface area contributed by atoms with Gasteiger partial charge < -0.3 is 0 Å². The molecular formula is C17H22N4OS. The average Bonchev–Trinajstić information content (AvgIpc) is 3.04. The van der Waals surface area contributed by atoms with Crippen molar-refractivity contribution in [1.29, 1.82) is 0 Å². The minimum absolute atomic E-state index is 0.0774. The van der Waals surface area contributed by atoms with Crippen LogP contribution in [-0.2, 0) is 6.42 Å². The minimum atomic E-state index is -0.0774. The Kier molecular flexibility index (Phi) is 5.00. The van der Waals surface area contributed by atoms with E-state index in [9.17, 15) is 4.79 Å². The molecule has 0 unspecified atom stereocenters. The van der Waals surface area contributed by atoms with Crippen molar-refractivity contribution in [3.8, 4) is 0 Å². The molecule has 0 spiro atoms. The Balaban J connectivity index is 2.02. The summed E-state index contributed by atoms with van der Waals surface area (Å²) in [4.78, 5) is 18.4. The maximum atomic E-state index is 12.9. The van der Waals surface area contributed by atoms with Gasteiger partial charge in [0.05, 0.1) is 11.7 Å². The Morgan fingerprint density at radius 2 is 2.17 bits per heavy atom. The van der Waals surface area contributed by atoms with E-state index in [-0.39, 0.29) is 5.91 Å². The molecule has 5 nitrogen and oxygen atoms in total. The van der Waals surface area contributed by atoms with Gasteiger partial charge in [-0.05, 0) is 55.4 Å². The fourth-order valence-corrected chi connectivity index (χ4v) is 3.66. The second kappa shape index (κ2) is 7.17. The van der Waals surface area contributed by atoms with Crippen LogP contribution in [0.2, 0.25) is 0 Å². The lowest BCUT2D eigenvalue weighted by atomic mass is 9.96. The maximum Gasteiger partial charge on any atom is 0.277 e. The van der Waals surface area contributed by atoms with Gasteiger partial charge in [-0.1, -0.05) is 30.7 Å². The van der Waals surface area contributed by atoms with Crippen LogP contribution in [0.5, 0.6) is 0 Å². The topological polar surface area (TPSA) is 60.1 Å². The van der Waals surface area contributed by atoms with Gasteiger partial charge in [-0.3, -0.25) is 14.4 Å². The van der Waals surface area contributed by atoms with Crippen LogP contribution >= 0.6 is 11.5 Å². The molecule has 2 aromatic heterocycles. The van der Waals surface area contributed by atoms with Crippen LogP contribution in [-0.4, -0.2) is 26.1 Å². The minimum Gasteiger partial charge on any atom is -0.267 e. The first-order valence-corrected chi connectivity index (χ1v) is 9.05. The summed E-state index contributed by atoms with van der Waals surface area (Å²) in [6, 6.07) is 4.26. The summed E-state index contributed by atoms with van der Waals surface area (Å²) in [5.74, 6) is -0.0774. The molecule has 1 aliphatic carbocycles. The van der Waals surface area contributed by atoms with E-state index in [1.165, 1.54) is 19.3 Å². The van der Waals surface area contributed by atoms with Gasteiger partial charge in [0.2, 0.25) is 0 Å². The lowest BCUT2D eigenvalue weighted by Gasteiger charge is -2.18. The van der Waals surface area contributed by atoms with Crippen molar-refractivity contribution in [2.24, 2.45) is 4.99 Å². The molecule has 0 bridgehead atoms. The number of aryl methyl sites for hydroxylation is 2. The monoisotopic (exact) mass is 330 g/mol. The molecular weight excluding hydrogens is 308 g/mol. The van der Waals surface area contributed by atoms with Crippen LogP contribution in [0.4, 0.5) is 0 Å². The molecule has 6 heteroatoms. The molecule has 0 saturated heterocycles. The standard InChI is InChI=1S/C17H22N4OS/c1-3-14-16(23-20-19-14)17(22)21-10-9-12(2)11-15(21)18-13-7-5-4-6-8-13/h9-11,13H,3-8H2,1-2H3. The molecule has 122 valence electrons. The van der Waals surface area contributed by atoms with Crippen molar-refractivity contribution in [3.63, 3.8) is 0 Å². The van der Waals surface area contributed by atoms with Crippen molar-refractivity contribution in [2.45, 2.75) is 58.4 Å². The summed E-state index contributed by atoms with van der Waals surface area (Å²) in [7, 11) is 0. The fourth-order valence-electron chi connectivity index (χ4n) is 2.97. The van der Waals surface area contributed by atoms with E-state index in [1.807, 2.05) is 32.2 Å². The fraction of sp³-hybridized carbons (Fsp3) is 0.529. The zero-order valence-electron chi connectivity index (χ0n) is 13.7. The number of nitrogens with zero attached hydrogens (tertiary/aromatic N) is 4. The number of carbonyl (C=O) groups is 1. The normalized spacial score (nSPS) is 16.7. The molecule has 2 aromatic rings. The number of carbonyl (C=O) groups excluding carboxylic acids is 1. The molecule has 0 aliphatic heterocycles. The Morgan fingerprint density at radius 3 is 2.91 bits per heavy atom. The first-order valence-electron chi connectivity index (χ1n) is 8.28. The summed E-state index contributed by atoms with van der Waals surface area (Å²) in [6.45, 7) is 4.01. The average molecular weight is 330 g/mol. The Hall–Kier alpha value is -1.82. The van der Waals surface area contributed by atoms with Gasteiger partial charge in [0.1, 0.15) is 10.4 Å². The zero-order valence-corrected chi connectivity index (χ0v) is 14.5. The van der Waals surface area contributed by atoms with E-state index in [1.54, 1.807) is 4.57 Å². The van der Waals surface area contributed by atoms with Crippen LogP contribution in [0.15, 0.2) is 23.3 Å². The summed E-state index contributed by atoms with van der Waals surface area (Å²) < 4.78 is 5.58. The first-order chi connectivity index (χ1) is 11.2. The molecule has 1 fully saturated rings. The van der Waals surface area contributed by atoms with E-state index in [0.717, 1.165) is 41.1 Å². The largest absolute Gasteiger partial charge is 0.277 e. The van der Waals surface area contributed by atoms with Crippen LogP contribution in [0.1, 0.15) is 60.0 Å². The van der Waals surface area contributed by atoms with Crippen molar-refractivity contribution in [3.05, 3.63) is 40.0 Å². The van der Waals surface area contributed by atoms with E-state index in [4.69, 9.17) is 4.99 Å². The van der Waals surface area contributed by atoms with Gasteiger partial charge in [-0.15, -0.1) is 5.10 Å². The molecule has 1 aliphatic rings. The van der Waals surface area contributed by atoms with Crippen molar-refractivity contribution >= 4 is 17.4 Å². The molecule has 1 saturated carbocycles. The highest BCUT2D eigenvalue weighted by Gasteiger charge is 2.18. The number of hydrogen-bond acceptors (Lipinski definition) is 5. The highest BCUT2D eigenvalue weighted by atomic mass is 32.1. The van der Waals surface area contributed by atoms with Crippen LogP contribution < -0.4 is 5.49 Å². The van der Waals surface area contributed by atoms with E-state index >= 15 is 0 Å². The molecule has 0 aromatic carbocycles. The number of hydrogen-bond donors (Lipinski definition) is 0. The Bertz CT molecular complexity index is 756. The Labute approximate surface area is 140 Å². The van der Waals surface area contributed by atoms with Gasteiger partial charge >= 0.3 is 0 Å². The van der Waals surface area contributed by atoms with Crippen LogP contribution in [0, 0.1) is 6.92 Å². The third kappa shape index (κ3) is 3.58. The molecule has 23 heavy (non-hydrogen) atoms. The molecule has 0 atom stereocenters. The van der Waals surface area contributed by atoms with E-state index in [2.05, 4.69) is 9.59 Å². The summed E-state index contributed by atoms with van der Waals surface area (Å²) in [6.07, 6.45) is 8.51. The van der Waals surface area contributed by atoms with Gasteiger partial charge in [0.15, 0.2) is 0 Å². The van der Waals surface area contributed by atoms with Gasteiger partial charge in [-0.25, -0.2) is 0 Å². The third-order valence-corrected chi connectivity index (χ3v) is 5.04. The van der Waals surface area contributed by atoms with Gasteiger partial charge in [-0.2, -0.15) is 0 Å². The molecule has 3 rings (SSSR count). The smallest absolute Gasteiger partial charge is 0.267 e. The number of pyridine rings is 1. The maximum absolute atomic E-state index is 12.9. The lowest BCUT2D eigenvalue weighted by molar-refractivity contribution is 0.0957. The number of rotatable bonds is 3. The summed E-state index contributed by atoms with van der Waals surface area (Å²) in [5, 5.41) is 4.05. The predicted molar refractivity (Wildman–Crippen MR) is 90.6 cm³/mol. The zero-order chi connectivity index (χ0) is 16.2. The highest BCUT2D eigenvalue weighted by Crippen LogP contribution is 2.20. The van der Waals surface area contributed by atoms with Gasteiger partial charge in [0, 0.05) is 6.20 Å². The van der Waals surface area contributed by atoms with Crippen LogP contribution in [0.25, 0.3) is 0 Å². The molecule has 0 N–H and O–H groups in total. The lowest BCUT2D eigenvalue weighted by Crippen LogP contribution is -2.29. The molecule has 0 amide bonds. The van der Waals surface area contributed by atoms with Crippen molar-refractivity contribution in [2.75, 3.05) is 0 Å². The summed E-state index contributed by atoms with van der Waals surface area (Å²) in [5.41, 5.74) is 2.62. The summed E-state index contributed by atoms with van der Waals surface area (Å²) >= 11 is 1.16. The molecule has 0 radical (unpaired) electrons. The molecule has 2 heterocycles. The van der Waals surface area contributed by atoms with Crippen molar-refractivity contribution in [1.82, 2.24) is 14.2 Å². The SMILES string of the molecule is CCc1nnsc1C(=O)n1ccc(C)cc1=NC1CCCCC1. The predicted octanol–water partition coefficient (Wildman–Crippen LogP) is 3.13. The highest BCUT2D eigenvalue weighted by molar-refractivity contribution is 7.08. The number of aromatic nitrogens is 3. The van der Waals surface area contributed by atoms with Crippen molar-refractivity contribution < 1.29 is 4.79 Å². The van der Waals surface area contributed by atoms with Gasteiger partial charge in [0.25, 0.3) is 5.91 Å². The quantitative estimate of drug-likeness (QED) is 0.868. The van der Waals surface area contributed by atoms with E-state index in [0.29, 0.717) is 17.3 Å².